The van der Waals surface area contributed by atoms with E-state index in [2.05, 4.69) is 20.8 Å². The number of anilines is 3. The molecule has 0 saturated heterocycles. The van der Waals surface area contributed by atoms with Gasteiger partial charge in [-0.3, -0.25) is 9.59 Å². The highest BCUT2D eigenvalue weighted by Gasteiger charge is 2.24. The smallest absolute Gasteiger partial charge is 0.273 e. The number of nitrogens with two attached hydrogens (primary N) is 1. The van der Waals surface area contributed by atoms with Crippen LogP contribution in [0.4, 0.5) is 21.0 Å². The van der Waals surface area contributed by atoms with Gasteiger partial charge in [-0.05, 0) is 31.2 Å². The largest absolute Gasteiger partial charge is 0.383 e. The van der Waals surface area contributed by atoms with Gasteiger partial charge in [-0.25, -0.2) is 9.37 Å². The molecule has 0 aliphatic carbocycles. The number of ether oxygens (including phenoxy) is 1. The Hall–Kier alpha value is -3.31. The zero-order valence-electron chi connectivity index (χ0n) is 15.6. The van der Waals surface area contributed by atoms with Crippen molar-refractivity contribution in [1.82, 2.24) is 15.5 Å². The molecule has 1 aromatic carbocycles. The lowest BCUT2D eigenvalue weighted by atomic mass is 10.2. The SMILES string of the molecule is COC[C@@H](C)NC(=O)c1cc(C(=O)c2sc(Nc3ccc(F)cc3)nc2N)on1. The lowest BCUT2D eigenvalue weighted by molar-refractivity contribution is 0.0894. The van der Waals surface area contributed by atoms with Crippen molar-refractivity contribution < 1.29 is 23.2 Å². The fraction of sp³-hybridized carbons (Fsp3) is 0.222. The molecule has 3 rings (SSSR count). The Balaban J connectivity index is 1.72. The van der Waals surface area contributed by atoms with Crippen molar-refractivity contribution in [2.45, 2.75) is 13.0 Å². The zero-order chi connectivity index (χ0) is 21.0. The van der Waals surface area contributed by atoms with E-state index in [1.54, 1.807) is 6.92 Å². The Morgan fingerprint density at radius 1 is 1.34 bits per heavy atom. The average Bonchev–Trinajstić information content (AvgIpc) is 3.30. The van der Waals surface area contributed by atoms with Crippen LogP contribution in [0.1, 0.15) is 32.8 Å². The van der Waals surface area contributed by atoms with Crippen molar-refractivity contribution in [2.75, 3.05) is 24.8 Å². The molecule has 9 nitrogen and oxygen atoms in total. The first kappa shape index (κ1) is 20.4. The summed E-state index contributed by atoms with van der Waals surface area (Å²) in [4.78, 5) is 29.0. The number of carbonyl (C=O) groups is 2. The van der Waals surface area contributed by atoms with E-state index >= 15 is 0 Å². The van der Waals surface area contributed by atoms with E-state index in [1.807, 2.05) is 0 Å². The van der Waals surface area contributed by atoms with Crippen molar-refractivity contribution in [3.05, 3.63) is 52.5 Å². The number of hydrogen-bond acceptors (Lipinski definition) is 9. The van der Waals surface area contributed by atoms with Crippen LogP contribution in [0, 0.1) is 5.82 Å². The Labute approximate surface area is 169 Å². The Morgan fingerprint density at radius 2 is 2.07 bits per heavy atom. The third kappa shape index (κ3) is 4.95. The van der Waals surface area contributed by atoms with E-state index in [-0.39, 0.29) is 34.0 Å². The zero-order valence-corrected chi connectivity index (χ0v) is 16.4. The van der Waals surface area contributed by atoms with Gasteiger partial charge < -0.3 is 25.6 Å². The third-order valence-electron chi connectivity index (χ3n) is 3.72. The molecule has 3 aromatic rings. The van der Waals surface area contributed by atoms with Crippen LogP contribution in [-0.2, 0) is 4.74 Å². The molecule has 0 saturated carbocycles. The van der Waals surface area contributed by atoms with Gasteiger partial charge in [-0.1, -0.05) is 16.5 Å². The van der Waals surface area contributed by atoms with Crippen LogP contribution in [0.2, 0.25) is 0 Å². The number of carbonyl (C=O) groups excluding carboxylic acids is 2. The lowest BCUT2D eigenvalue weighted by Gasteiger charge is -2.10. The van der Waals surface area contributed by atoms with E-state index in [4.69, 9.17) is 15.0 Å². The van der Waals surface area contributed by atoms with Gasteiger partial charge in [-0.2, -0.15) is 0 Å². The van der Waals surface area contributed by atoms with Crippen LogP contribution in [0.3, 0.4) is 0 Å². The number of ketones is 1. The first-order valence-electron chi connectivity index (χ1n) is 8.47. The summed E-state index contributed by atoms with van der Waals surface area (Å²) in [6.45, 7) is 2.10. The minimum absolute atomic E-state index is 0.000676. The number of aromatic nitrogens is 2. The second-order valence-corrected chi connectivity index (χ2v) is 7.10. The van der Waals surface area contributed by atoms with Crippen LogP contribution in [0.25, 0.3) is 0 Å². The number of amides is 1. The molecule has 0 radical (unpaired) electrons. The Kier molecular flexibility index (Phi) is 6.20. The van der Waals surface area contributed by atoms with Crippen molar-refractivity contribution in [3.63, 3.8) is 0 Å². The van der Waals surface area contributed by atoms with E-state index in [0.29, 0.717) is 17.4 Å². The van der Waals surface area contributed by atoms with Gasteiger partial charge in [0.2, 0.25) is 11.5 Å². The first-order chi connectivity index (χ1) is 13.9. The second kappa shape index (κ2) is 8.80. The molecule has 1 atom stereocenters. The second-order valence-electron chi connectivity index (χ2n) is 6.10. The molecule has 4 N–H and O–H groups in total. The fourth-order valence-electron chi connectivity index (χ4n) is 2.40. The van der Waals surface area contributed by atoms with Crippen LogP contribution in [-0.4, -0.2) is 41.6 Å². The van der Waals surface area contributed by atoms with Gasteiger partial charge in [0.25, 0.3) is 5.91 Å². The summed E-state index contributed by atoms with van der Waals surface area (Å²) in [5.74, 6) is -1.55. The molecule has 1 amide bonds. The molecule has 11 heteroatoms. The van der Waals surface area contributed by atoms with Crippen molar-refractivity contribution >= 4 is 39.7 Å². The number of nitrogens with one attached hydrogen (secondary N) is 2. The summed E-state index contributed by atoms with van der Waals surface area (Å²) in [6.07, 6.45) is 0. The number of nitrogen functional groups attached to an aromatic ring is 1. The van der Waals surface area contributed by atoms with Crippen LogP contribution >= 0.6 is 11.3 Å². The van der Waals surface area contributed by atoms with E-state index in [1.165, 1.54) is 37.4 Å². The van der Waals surface area contributed by atoms with Gasteiger partial charge in [-0.15, -0.1) is 0 Å². The summed E-state index contributed by atoms with van der Waals surface area (Å²) in [5, 5.41) is 9.59. The highest BCUT2D eigenvalue weighted by molar-refractivity contribution is 7.18. The van der Waals surface area contributed by atoms with E-state index in [9.17, 15) is 14.0 Å². The molecule has 0 fully saturated rings. The average molecular weight is 419 g/mol. The summed E-state index contributed by atoms with van der Waals surface area (Å²) in [7, 11) is 1.52. The van der Waals surface area contributed by atoms with Crippen LogP contribution < -0.4 is 16.4 Å². The van der Waals surface area contributed by atoms with Gasteiger partial charge in [0, 0.05) is 24.9 Å². The summed E-state index contributed by atoms with van der Waals surface area (Å²) >= 11 is 1.00. The summed E-state index contributed by atoms with van der Waals surface area (Å²) < 4.78 is 23.0. The maximum atomic E-state index is 13.0. The molecule has 29 heavy (non-hydrogen) atoms. The molecule has 0 spiro atoms. The highest BCUT2D eigenvalue weighted by Crippen LogP contribution is 2.29. The monoisotopic (exact) mass is 419 g/mol. The van der Waals surface area contributed by atoms with Gasteiger partial charge in [0.15, 0.2) is 10.8 Å². The maximum Gasteiger partial charge on any atom is 0.273 e. The van der Waals surface area contributed by atoms with Gasteiger partial charge in [0.05, 0.1) is 6.61 Å². The third-order valence-corrected chi connectivity index (χ3v) is 4.70. The minimum atomic E-state index is -0.552. The van der Waals surface area contributed by atoms with E-state index in [0.717, 1.165) is 11.3 Å². The standard InChI is InChI=1S/C18H18FN5O4S/c1-9(8-27-2)21-17(26)12-7-13(28-24-12)14(25)15-16(20)23-18(29-15)22-11-5-3-10(19)4-6-11/h3-7,9H,8,20H2,1-2H3,(H,21,26)(H,22,23)/t9-/m1/s1. The number of benzene rings is 1. The van der Waals surface area contributed by atoms with Gasteiger partial charge in [0.1, 0.15) is 16.5 Å². The van der Waals surface area contributed by atoms with E-state index < -0.39 is 11.7 Å². The Morgan fingerprint density at radius 3 is 2.76 bits per heavy atom. The predicted octanol–water partition coefficient (Wildman–Crippen LogP) is 2.59. The molecule has 0 aliphatic heterocycles. The van der Waals surface area contributed by atoms with Crippen LogP contribution in [0.15, 0.2) is 34.9 Å². The molecule has 152 valence electrons. The normalized spacial score (nSPS) is 11.8. The molecular formula is C18H18FN5O4S. The van der Waals surface area contributed by atoms with Crippen molar-refractivity contribution in [3.8, 4) is 0 Å². The topological polar surface area (TPSA) is 132 Å². The fourth-order valence-corrected chi connectivity index (χ4v) is 3.25. The van der Waals surface area contributed by atoms with Crippen molar-refractivity contribution in [1.29, 1.82) is 0 Å². The molecule has 2 aromatic heterocycles. The number of methoxy groups -OCH3 is 1. The molecule has 0 bridgehead atoms. The summed E-state index contributed by atoms with van der Waals surface area (Å²) in [5.41, 5.74) is 6.39. The number of thiazole rings is 1. The molecule has 2 heterocycles. The lowest BCUT2D eigenvalue weighted by Crippen LogP contribution is -2.35. The quantitative estimate of drug-likeness (QED) is 0.475. The number of rotatable bonds is 8. The van der Waals surface area contributed by atoms with Crippen molar-refractivity contribution in [2.24, 2.45) is 0 Å². The summed E-state index contributed by atoms with van der Waals surface area (Å²) in [6, 6.07) is 6.64. The molecule has 0 aliphatic rings. The van der Waals surface area contributed by atoms with Crippen LogP contribution in [0.5, 0.6) is 0 Å². The molecule has 0 unspecified atom stereocenters. The molecular weight excluding hydrogens is 401 g/mol. The predicted molar refractivity (Wildman–Crippen MR) is 105 cm³/mol. The highest BCUT2D eigenvalue weighted by atomic mass is 32.1. The minimum Gasteiger partial charge on any atom is -0.383 e. The van der Waals surface area contributed by atoms with Gasteiger partial charge >= 0.3 is 0 Å². The Bertz CT molecular complexity index is 1020. The first-order valence-corrected chi connectivity index (χ1v) is 9.29. The number of hydrogen-bond donors (Lipinski definition) is 3. The maximum absolute atomic E-state index is 13.0. The number of nitrogens with zero attached hydrogens (tertiary/aromatic N) is 2. The number of halogens is 1.